The molecule has 0 radical (unpaired) electrons. The number of likely N-dealkylation sites (tertiary alicyclic amines) is 1. The van der Waals surface area contributed by atoms with Gasteiger partial charge >= 0.3 is 23.9 Å². The quantitative estimate of drug-likeness (QED) is 0.0250. The van der Waals surface area contributed by atoms with Crippen LogP contribution in [0.15, 0.2) is 0 Å². The lowest BCUT2D eigenvalue weighted by molar-refractivity contribution is -0.155. The number of unbranched alkanes of at least 4 members (excludes halogenated alkanes) is 21. The molecule has 2 fully saturated rings. The summed E-state index contributed by atoms with van der Waals surface area (Å²) in [6.45, 7) is 17.7. The van der Waals surface area contributed by atoms with E-state index < -0.39 is 23.5 Å². The van der Waals surface area contributed by atoms with Crippen molar-refractivity contribution in [2.75, 3.05) is 59.5 Å². The number of piperazine rings is 1. The minimum Gasteiger partial charge on any atom is -0.465 e. The average molecular weight is 1050 g/mol. The second-order valence-corrected chi connectivity index (χ2v) is 23.3. The summed E-state index contributed by atoms with van der Waals surface area (Å²) in [6.07, 6.45) is 38.1. The van der Waals surface area contributed by atoms with Gasteiger partial charge < -0.3 is 28.7 Å². The highest BCUT2D eigenvalue weighted by molar-refractivity contribution is 5.94. The number of ether oxygens (including phenoxy) is 4. The summed E-state index contributed by atoms with van der Waals surface area (Å²) < 4.78 is 23.6. The Balaban J connectivity index is 1.80. The van der Waals surface area contributed by atoms with E-state index >= 15 is 0 Å². The molecular weight excluding hydrogens is 931 g/mol. The lowest BCUT2D eigenvalue weighted by atomic mass is 9.87. The van der Waals surface area contributed by atoms with E-state index in [9.17, 15) is 24.0 Å². The standard InChI is InChI=1S/C62H115N3O9/c1-8-12-16-18-21-29-39-54(40-30-22-19-17-13-9-2)73-58(67)41-31-23-20-26-34-48-71-60(69)56-50-55(74-59(68)51-57(66)64-46-44-63(7)45-47-64)52-65(56)43-33-25-24-32-42-62(5,6)61(70)72-49-35-38-53(36-27-14-10-3)37-28-15-11-4/h53-56H,8-52H2,1-7H3/t55-,56-/m0/s1. The Hall–Kier alpha value is -2.73. The lowest BCUT2D eigenvalue weighted by Gasteiger charge is -2.32. The van der Waals surface area contributed by atoms with Crippen molar-refractivity contribution in [2.45, 2.75) is 297 Å². The van der Waals surface area contributed by atoms with E-state index in [0.29, 0.717) is 52.2 Å². The van der Waals surface area contributed by atoms with Crippen LogP contribution in [0.3, 0.4) is 0 Å². The summed E-state index contributed by atoms with van der Waals surface area (Å²) in [5.41, 5.74) is -0.536. The zero-order valence-electron chi connectivity index (χ0n) is 49.1. The molecule has 2 heterocycles. The molecular formula is C62H115N3O9. The number of carbonyl (C=O) groups excluding carboxylic acids is 5. The van der Waals surface area contributed by atoms with Crippen LogP contribution in [0, 0.1) is 11.3 Å². The number of amides is 1. The number of esters is 4. The van der Waals surface area contributed by atoms with Crippen molar-refractivity contribution in [3.8, 4) is 0 Å². The molecule has 432 valence electrons. The molecule has 0 spiro atoms. The monoisotopic (exact) mass is 1050 g/mol. The fourth-order valence-corrected chi connectivity index (χ4v) is 10.8. The Kier molecular flexibility index (Phi) is 39.4. The minimum atomic E-state index is -0.544. The number of likely N-dealkylation sites (N-methyl/N-ethyl adjacent to an activating group) is 1. The van der Waals surface area contributed by atoms with Crippen molar-refractivity contribution < 1.29 is 42.9 Å². The molecule has 0 aromatic carbocycles. The predicted octanol–water partition coefficient (Wildman–Crippen LogP) is 14.5. The normalized spacial score (nSPS) is 16.6. The summed E-state index contributed by atoms with van der Waals surface area (Å²) in [7, 11) is 2.02. The van der Waals surface area contributed by atoms with Gasteiger partial charge in [-0.3, -0.25) is 28.9 Å². The van der Waals surface area contributed by atoms with Crippen LogP contribution in [0.2, 0.25) is 0 Å². The van der Waals surface area contributed by atoms with Crippen molar-refractivity contribution in [2.24, 2.45) is 11.3 Å². The number of carbonyl (C=O) groups is 5. The van der Waals surface area contributed by atoms with Gasteiger partial charge in [-0.05, 0) is 97.6 Å². The second kappa shape index (κ2) is 43.3. The summed E-state index contributed by atoms with van der Waals surface area (Å²) in [5.74, 6) is -0.477. The lowest BCUT2D eigenvalue weighted by Crippen LogP contribution is -2.47. The molecule has 0 saturated carbocycles. The Labute approximate surface area is 454 Å². The molecule has 2 rings (SSSR count). The Morgan fingerprint density at radius 2 is 1.04 bits per heavy atom. The third-order valence-electron chi connectivity index (χ3n) is 15.9. The molecule has 12 nitrogen and oxygen atoms in total. The van der Waals surface area contributed by atoms with Crippen LogP contribution in [0.5, 0.6) is 0 Å². The molecule has 0 aliphatic carbocycles. The molecule has 0 bridgehead atoms. The van der Waals surface area contributed by atoms with Crippen molar-refractivity contribution in [1.29, 1.82) is 0 Å². The number of rotatable bonds is 47. The van der Waals surface area contributed by atoms with Crippen molar-refractivity contribution >= 4 is 29.8 Å². The summed E-state index contributed by atoms with van der Waals surface area (Å²) >= 11 is 0. The maximum atomic E-state index is 13.6. The first-order valence-corrected chi connectivity index (χ1v) is 31.3. The van der Waals surface area contributed by atoms with Crippen LogP contribution >= 0.6 is 0 Å². The minimum absolute atomic E-state index is 0.0447. The van der Waals surface area contributed by atoms with Gasteiger partial charge in [0, 0.05) is 45.6 Å². The molecule has 0 unspecified atom stereocenters. The van der Waals surface area contributed by atoms with Gasteiger partial charge in [0.2, 0.25) is 5.91 Å². The first-order valence-electron chi connectivity index (χ1n) is 31.3. The van der Waals surface area contributed by atoms with Gasteiger partial charge in [0.1, 0.15) is 24.7 Å². The number of hydrogen-bond acceptors (Lipinski definition) is 11. The third-order valence-corrected chi connectivity index (χ3v) is 15.9. The van der Waals surface area contributed by atoms with Gasteiger partial charge in [0.15, 0.2) is 0 Å². The molecule has 2 aliphatic heterocycles. The SMILES string of the molecule is CCCCCCCCC(CCCCCCCC)OC(=O)CCCCCCCOC(=O)[C@@H]1C[C@H](OC(=O)CC(=O)N2CCN(C)CC2)CN1CCCCCCC(C)(C)C(=O)OCCCC(CCCCC)CCCCC. The van der Waals surface area contributed by atoms with Crippen LogP contribution in [0.4, 0.5) is 0 Å². The maximum absolute atomic E-state index is 13.6. The molecule has 0 N–H and O–H groups in total. The van der Waals surface area contributed by atoms with Gasteiger partial charge in [0.25, 0.3) is 0 Å². The third kappa shape index (κ3) is 32.8. The molecule has 0 aromatic heterocycles. The highest BCUT2D eigenvalue weighted by Gasteiger charge is 2.40. The largest absolute Gasteiger partial charge is 0.465 e. The zero-order chi connectivity index (χ0) is 54.1. The zero-order valence-corrected chi connectivity index (χ0v) is 49.1. The predicted molar refractivity (Wildman–Crippen MR) is 302 cm³/mol. The van der Waals surface area contributed by atoms with Crippen molar-refractivity contribution in [1.82, 2.24) is 14.7 Å². The van der Waals surface area contributed by atoms with Gasteiger partial charge in [-0.1, -0.05) is 182 Å². The highest BCUT2D eigenvalue weighted by Crippen LogP contribution is 2.29. The smallest absolute Gasteiger partial charge is 0.323 e. The Morgan fingerprint density at radius 3 is 1.66 bits per heavy atom. The fourth-order valence-electron chi connectivity index (χ4n) is 10.8. The van der Waals surface area contributed by atoms with Gasteiger partial charge in [-0.25, -0.2) is 0 Å². The van der Waals surface area contributed by atoms with Crippen molar-refractivity contribution in [3.05, 3.63) is 0 Å². The summed E-state index contributed by atoms with van der Waals surface area (Å²) in [5, 5.41) is 0. The molecule has 2 aliphatic rings. The molecule has 12 heteroatoms. The van der Waals surface area contributed by atoms with E-state index in [4.69, 9.17) is 18.9 Å². The fraction of sp³-hybridized carbons (Fsp3) is 0.919. The van der Waals surface area contributed by atoms with Gasteiger partial charge in [-0.15, -0.1) is 0 Å². The van der Waals surface area contributed by atoms with E-state index in [1.54, 1.807) is 4.90 Å². The summed E-state index contributed by atoms with van der Waals surface area (Å²) in [4.78, 5) is 71.6. The molecule has 1 amide bonds. The maximum Gasteiger partial charge on any atom is 0.323 e. The number of hydrogen-bond donors (Lipinski definition) is 0. The van der Waals surface area contributed by atoms with E-state index in [1.165, 1.54) is 116 Å². The molecule has 74 heavy (non-hydrogen) atoms. The van der Waals surface area contributed by atoms with Crippen LogP contribution in [-0.4, -0.2) is 122 Å². The first-order chi connectivity index (χ1) is 35.8. The summed E-state index contributed by atoms with van der Waals surface area (Å²) in [6, 6.07) is -0.519. The van der Waals surface area contributed by atoms with Crippen LogP contribution < -0.4 is 0 Å². The topological polar surface area (TPSA) is 132 Å². The number of nitrogens with zero attached hydrogens (tertiary/aromatic N) is 3. The molecule has 0 aromatic rings. The van der Waals surface area contributed by atoms with Gasteiger partial charge in [0.05, 0.1) is 18.6 Å². The Bertz CT molecular complexity index is 1430. The highest BCUT2D eigenvalue weighted by atomic mass is 16.6. The van der Waals surface area contributed by atoms with Crippen LogP contribution in [0.25, 0.3) is 0 Å². The molecule has 2 atom stereocenters. The average Bonchev–Trinajstić information content (AvgIpc) is 3.78. The molecule has 2 saturated heterocycles. The van der Waals surface area contributed by atoms with E-state index in [2.05, 4.69) is 37.5 Å². The Morgan fingerprint density at radius 1 is 0.541 bits per heavy atom. The van der Waals surface area contributed by atoms with Crippen molar-refractivity contribution in [3.63, 3.8) is 0 Å². The second-order valence-electron chi connectivity index (χ2n) is 23.3. The van der Waals surface area contributed by atoms with Gasteiger partial charge in [-0.2, -0.15) is 0 Å². The van der Waals surface area contributed by atoms with E-state index in [1.807, 2.05) is 20.9 Å². The first kappa shape index (κ1) is 67.4. The van der Waals surface area contributed by atoms with E-state index in [-0.39, 0.29) is 36.3 Å². The van der Waals surface area contributed by atoms with E-state index in [0.717, 1.165) is 122 Å². The van der Waals surface area contributed by atoms with Crippen LogP contribution in [0.1, 0.15) is 279 Å². The van der Waals surface area contributed by atoms with Crippen LogP contribution in [-0.2, 0) is 42.9 Å².